The number of urea groups is 1. The van der Waals surface area contributed by atoms with E-state index in [0.29, 0.717) is 23.8 Å². The monoisotopic (exact) mass is 495 g/mol. The Hall–Kier alpha value is -3.13. The SMILES string of the molecule is CN(C)C(=O)N1CCC(n2c(CN3C(=O)C4(CC4)c4ccc(F)cc43)nc3cc(Cl)ccc32)CC1. The van der Waals surface area contributed by atoms with Crippen LogP contribution in [0, 0.1) is 5.82 Å². The molecule has 1 spiro atoms. The number of hydrogen-bond donors (Lipinski definition) is 0. The Kier molecular flexibility index (Phi) is 5.07. The summed E-state index contributed by atoms with van der Waals surface area (Å²) in [6.07, 6.45) is 3.16. The zero-order chi connectivity index (χ0) is 24.5. The number of piperidine rings is 1. The fourth-order valence-electron chi connectivity index (χ4n) is 5.76. The van der Waals surface area contributed by atoms with Gasteiger partial charge in [-0.15, -0.1) is 0 Å². The van der Waals surface area contributed by atoms with Crippen LogP contribution in [0.1, 0.15) is 43.1 Å². The smallest absolute Gasteiger partial charge is 0.319 e. The molecule has 3 heterocycles. The molecule has 1 saturated carbocycles. The van der Waals surface area contributed by atoms with Crippen molar-refractivity contribution in [2.75, 3.05) is 32.1 Å². The Labute approximate surface area is 208 Å². The number of carbonyl (C=O) groups is 2. The van der Waals surface area contributed by atoms with Crippen LogP contribution in [-0.4, -0.2) is 58.5 Å². The van der Waals surface area contributed by atoms with Gasteiger partial charge in [0, 0.05) is 38.2 Å². The first-order chi connectivity index (χ1) is 16.8. The van der Waals surface area contributed by atoms with Crippen LogP contribution in [0.15, 0.2) is 36.4 Å². The lowest BCUT2D eigenvalue weighted by Gasteiger charge is -2.35. The van der Waals surface area contributed by atoms with E-state index in [4.69, 9.17) is 16.6 Å². The molecule has 0 atom stereocenters. The summed E-state index contributed by atoms with van der Waals surface area (Å²) in [6, 6.07) is 10.5. The van der Waals surface area contributed by atoms with E-state index in [-0.39, 0.29) is 30.3 Å². The number of benzene rings is 2. The van der Waals surface area contributed by atoms with Crippen LogP contribution in [-0.2, 0) is 16.8 Å². The quantitative estimate of drug-likeness (QED) is 0.528. The Bertz CT molecular complexity index is 1360. The fraction of sp³-hybridized carbons (Fsp3) is 0.423. The number of rotatable bonds is 3. The summed E-state index contributed by atoms with van der Waals surface area (Å²) in [5, 5.41) is 0.599. The van der Waals surface area contributed by atoms with E-state index >= 15 is 0 Å². The lowest BCUT2D eigenvalue weighted by molar-refractivity contribution is -0.120. The second-order valence-corrected chi connectivity index (χ2v) is 10.5. The number of nitrogens with zero attached hydrogens (tertiary/aromatic N) is 5. The third-order valence-corrected chi connectivity index (χ3v) is 7.91. The number of carbonyl (C=O) groups excluding carboxylic acids is 2. The maximum absolute atomic E-state index is 14.2. The Balaban J connectivity index is 1.37. The third kappa shape index (κ3) is 3.49. The van der Waals surface area contributed by atoms with Crippen molar-refractivity contribution in [3.63, 3.8) is 0 Å². The maximum Gasteiger partial charge on any atom is 0.319 e. The van der Waals surface area contributed by atoms with E-state index in [9.17, 15) is 14.0 Å². The molecule has 1 aliphatic carbocycles. The van der Waals surface area contributed by atoms with Crippen molar-refractivity contribution in [2.24, 2.45) is 0 Å². The summed E-state index contributed by atoms with van der Waals surface area (Å²) < 4.78 is 16.4. The molecule has 0 N–H and O–H groups in total. The lowest BCUT2D eigenvalue weighted by atomic mass is 9.98. The molecule has 9 heteroatoms. The zero-order valence-corrected chi connectivity index (χ0v) is 20.6. The van der Waals surface area contributed by atoms with Crippen molar-refractivity contribution >= 4 is 40.3 Å². The largest absolute Gasteiger partial charge is 0.331 e. The molecular formula is C26H27ClFN5O2. The van der Waals surface area contributed by atoms with Gasteiger partial charge in [0.1, 0.15) is 11.6 Å². The molecule has 6 rings (SSSR count). The highest BCUT2D eigenvalue weighted by Gasteiger charge is 2.59. The molecule has 1 saturated heterocycles. The second-order valence-electron chi connectivity index (χ2n) is 10.1. The van der Waals surface area contributed by atoms with Gasteiger partial charge in [0.25, 0.3) is 0 Å². The van der Waals surface area contributed by atoms with Gasteiger partial charge in [-0.25, -0.2) is 14.2 Å². The van der Waals surface area contributed by atoms with Gasteiger partial charge in [-0.1, -0.05) is 17.7 Å². The molecule has 35 heavy (non-hydrogen) atoms. The third-order valence-electron chi connectivity index (χ3n) is 7.68. The van der Waals surface area contributed by atoms with Gasteiger partial charge in [0.05, 0.1) is 28.7 Å². The highest BCUT2D eigenvalue weighted by molar-refractivity contribution is 6.31. The number of fused-ring (bicyclic) bond motifs is 3. The summed E-state index contributed by atoms with van der Waals surface area (Å²) in [7, 11) is 3.53. The van der Waals surface area contributed by atoms with Crippen LogP contribution >= 0.6 is 11.6 Å². The number of likely N-dealkylation sites (tertiary alicyclic amines) is 1. The molecule has 2 aromatic carbocycles. The van der Waals surface area contributed by atoms with Crippen molar-refractivity contribution in [3.8, 4) is 0 Å². The molecule has 3 amide bonds. The minimum absolute atomic E-state index is 0.0157. The maximum atomic E-state index is 14.2. The van der Waals surface area contributed by atoms with Crippen LogP contribution < -0.4 is 4.90 Å². The summed E-state index contributed by atoms with van der Waals surface area (Å²) >= 11 is 6.27. The number of amides is 3. The normalized spacial score (nSPS) is 19.0. The predicted octanol–water partition coefficient (Wildman–Crippen LogP) is 4.73. The van der Waals surface area contributed by atoms with Crippen molar-refractivity contribution in [1.29, 1.82) is 0 Å². The summed E-state index contributed by atoms with van der Waals surface area (Å²) in [4.78, 5) is 36.0. The van der Waals surface area contributed by atoms with Gasteiger partial charge in [-0.2, -0.15) is 0 Å². The van der Waals surface area contributed by atoms with Gasteiger partial charge in [0.15, 0.2) is 0 Å². The summed E-state index contributed by atoms with van der Waals surface area (Å²) in [5.41, 5.74) is 2.79. The second kappa shape index (κ2) is 7.95. The molecule has 2 fully saturated rings. The van der Waals surface area contributed by atoms with Gasteiger partial charge in [-0.05, 0) is 61.6 Å². The molecule has 2 aliphatic heterocycles. The van der Waals surface area contributed by atoms with Crippen LogP contribution in [0.25, 0.3) is 11.0 Å². The minimum atomic E-state index is -0.499. The predicted molar refractivity (Wildman–Crippen MR) is 132 cm³/mol. The van der Waals surface area contributed by atoms with Crippen molar-refractivity contribution in [3.05, 3.63) is 58.6 Å². The van der Waals surface area contributed by atoms with E-state index in [1.807, 2.05) is 23.1 Å². The summed E-state index contributed by atoms with van der Waals surface area (Å²) in [5.74, 6) is 0.430. The molecule has 0 unspecified atom stereocenters. The molecule has 0 radical (unpaired) electrons. The fourth-order valence-corrected chi connectivity index (χ4v) is 5.93. The zero-order valence-electron chi connectivity index (χ0n) is 19.8. The van der Waals surface area contributed by atoms with Gasteiger partial charge >= 0.3 is 6.03 Å². The highest BCUT2D eigenvalue weighted by atomic mass is 35.5. The average Bonchev–Trinajstić information content (AvgIpc) is 3.52. The van der Waals surface area contributed by atoms with Gasteiger partial charge < -0.3 is 19.3 Å². The van der Waals surface area contributed by atoms with Crippen LogP contribution in [0.4, 0.5) is 14.9 Å². The molecule has 182 valence electrons. The van der Waals surface area contributed by atoms with Crippen molar-refractivity contribution in [2.45, 2.75) is 43.7 Å². The number of anilines is 1. The van der Waals surface area contributed by atoms with Crippen LogP contribution in [0.2, 0.25) is 5.02 Å². The van der Waals surface area contributed by atoms with Crippen molar-refractivity contribution in [1.82, 2.24) is 19.4 Å². The topological polar surface area (TPSA) is 61.7 Å². The molecular weight excluding hydrogens is 469 g/mol. The summed E-state index contributed by atoms with van der Waals surface area (Å²) in [6.45, 7) is 1.56. The van der Waals surface area contributed by atoms with Crippen LogP contribution in [0.3, 0.4) is 0 Å². The molecule has 3 aromatic rings. The van der Waals surface area contributed by atoms with E-state index in [1.165, 1.54) is 12.1 Å². The highest BCUT2D eigenvalue weighted by Crippen LogP contribution is 2.57. The average molecular weight is 496 g/mol. The Morgan fingerprint density at radius 3 is 2.60 bits per heavy atom. The van der Waals surface area contributed by atoms with Crippen LogP contribution in [0.5, 0.6) is 0 Å². The standard InChI is InChI=1S/C26H27ClFN5O2/c1-30(2)25(35)31-11-7-18(8-12-31)33-21-6-3-16(27)13-20(21)29-23(33)15-32-22-14-17(28)4-5-19(22)26(9-10-26)24(32)34/h3-6,13-14,18H,7-12,15H2,1-2H3. The minimum Gasteiger partial charge on any atom is -0.331 e. The first-order valence-corrected chi connectivity index (χ1v) is 12.4. The number of aromatic nitrogens is 2. The van der Waals surface area contributed by atoms with E-state index in [0.717, 1.165) is 48.1 Å². The van der Waals surface area contributed by atoms with E-state index in [2.05, 4.69) is 4.57 Å². The molecule has 0 bridgehead atoms. The number of halogens is 2. The Morgan fingerprint density at radius 1 is 1.17 bits per heavy atom. The molecule has 1 aromatic heterocycles. The molecule has 3 aliphatic rings. The first kappa shape index (κ1) is 22.3. The van der Waals surface area contributed by atoms with Gasteiger partial charge in [0.2, 0.25) is 5.91 Å². The first-order valence-electron chi connectivity index (χ1n) is 12.0. The number of imidazole rings is 1. The Morgan fingerprint density at radius 2 is 1.91 bits per heavy atom. The van der Waals surface area contributed by atoms with E-state index < -0.39 is 5.41 Å². The van der Waals surface area contributed by atoms with Gasteiger partial charge in [-0.3, -0.25) is 4.79 Å². The van der Waals surface area contributed by atoms with E-state index in [1.54, 1.807) is 30.0 Å². The number of hydrogen-bond acceptors (Lipinski definition) is 3. The lowest BCUT2D eigenvalue weighted by Crippen LogP contribution is -2.44. The van der Waals surface area contributed by atoms with Crippen molar-refractivity contribution < 1.29 is 14.0 Å². The molecule has 7 nitrogen and oxygen atoms in total.